The summed E-state index contributed by atoms with van der Waals surface area (Å²) in [5.74, 6) is -0.0576. The van der Waals surface area contributed by atoms with E-state index in [1.807, 2.05) is 0 Å². The van der Waals surface area contributed by atoms with Crippen LogP contribution >= 0.6 is 0 Å². The summed E-state index contributed by atoms with van der Waals surface area (Å²) >= 11 is 0. The standard InChI is InChI=1S/C15H24N2O3/c1-15(2,8-5-11-18)12-16-13(19)7-10-17-9-4-3-6-14(17)20/h3-4,6,9,18H,5,7-8,10-12H2,1-2H3,(H,16,19). The molecule has 0 saturated carbocycles. The summed E-state index contributed by atoms with van der Waals surface area (Å²) < 4.78 is 1.52. The molecule has 1 heterocycles. The van der Waals surface area contributed by atoms with Gasteiger partial charge in [-0.25, -0.2) is 0 Å². The number of carbonyl (C=O) groups is 1. The van der Waals surface area contributed by atoms with Gasteiger partial charge in [0.2, 0.25) is 5.91 Å². The van der Waals surface area contributed by atoms with Crippen LogP contribution in [0.15, 0.2) is 29.2 Å². The highest BCUT2D eigenvalue weighted by Gasteiger charge is 2.18. The van der Waals surface area contributed by atoms with Crippen LogP contribution in [0.25, 0.3) is 0 Å². The fraction of sp³-hybridized carbons (Fsp3) is 0.600. The van der Waals surface area contributed by atoms with Gasteiger partial charge < -0.3 is 15.0 Å². The van der Waals surface area contributed by atoms with E-state index in [-0.39, 0.29) is 23.5 Å². The molecule has 0 spiro atoms. The molecule has 1 rings (SSSR count). The van der Waals surface area contributed by atoms with E-state index in [0.717, 1.165) is 12.8 Å². The van der Waals surface area contributed by atoms with Crippen LogP contribution < -0.4 is 10.9 Å². The first kappa shape index (κ1) is 16.4. The highest BCUT2D eigenvalue weighted by atomic mass is 16.3. The number of aliphatic hydroxyl groups is 1. The Hall–Kier alpha value is -1.62. The van der Waals surface area contributed by atoms with Crippen LogP contribution in [0.2, 0.25) is 0 Å². The number of amides is 1. The molecular weight excluding hydrogens is 256 g/mol. The Labute approximate surface area is 119 Å². The Morgan fingerprint density at radius 1 is 1.40 bits per heavy atom. The van der Waals surface area contributed by atoms with Crippen molar-refractivity contribution in [2.75, 3.05) is 13.2 Å². The first-order valence-corrected chi connectivity index (χ1v) is 6.98. The van der Waals surface area contributed by atoms with Crippen LogP contribution in [0.1, 0.15) is 33.1 Å². The SMILES string of the molecule is CC(C)(CCCO)CNC(=O)CCn1ccccc1=O. The normalized spacial score (nSPS) is 11.3. The fourth-order valence-corrected chi connectivity index (χ4v) is 1.94. The highest BCUT2D eigenvalue weighted by Crippen LogP contribution is 2.20. The van der Waals surface area contributed by atoms with E-state index < -0.39 is 0 Å². The molecule has 5 nitrogen and oxygen atoms in total. The second-order valence-electron chi connectivity index (χ2n) is 5.75. The maximum atomic E-state index is 11.8. The zero-order valence-corrected chi connectivity index (χ0v) is 12.3. The zero-order chi connectivity index (χ0) is 15.0. The third-order valence-electron chi connectivity index (χ3n) is 3.25. The number of hydrogen-bond acceptors (Lipinski definition) is 3. The molecule has 112 valence electrons. The van der Waals surface area contributed by atoms with Crippen molar-refractivity contribution < 1.29 is 9.90 Å². The van der Waals surface area contributed by atoms with Gasteiger partial charge in [0.25, 0.3) is 5.56 Å². The molecule has 0 radical (unpaired) electrons. The lowest BCUT2D eigenvalue weighted by Gasteiger charge is -2.24. The van der Waals surface area contributed by atoms with Crippen molar-refractivity contribution in [2.45, 2.75) is 39.7 Å². The Kier molecular flexibility index (Phi) is 6.45. The molecular formula is C15H24N2O3. The number of nitrogens with zero attached hydrogens (tertiary/aromatic N) is 1. The second kappa shape index (κ2) is 7.85. The number of aryl methyl sites for hydroxylation is 1. The first-order chi connectivity index (χ1) is 9.44. The van der Waals surface area contributed by atoms with Crippen LogP contribution in [0.3, 0.4) is 0 Å². The van der Waals surface area contributed by atoms with Gasteiger partial charge in [-0.05, 0) is 24.3 Å². The van der Waals surface area contributed by atoms with Crippen LogP contribution in [0, 0.1) is 5.41 Å². The molecule has 20 heavy (non-hydrogen) atoms. The smallest absolute Gasteiger partial charge is 0.250 e. The van der Waals surface area contributed by atoms with Crippen molar-refractivity contribution >= 4 is 5.91 Å². The van der Waals surface area contributed by atoms with Gasteiger partial charge in [-0.15, -0.1) is 0 Å². The van der Waals surface area contributed by atoms with E-state index >= 15 is 0 Å². The Bertz CT molecular complexity index is 480. The molecule has 2 N–H and O–H groups in total. The third-order valence-corrected chi connectivity index (χ3v) is 3.25. The number of carbonyl (C=O) groups excluding carboxylic acids is 1. The number of pyridine rings is 1. The summed E-state index contributed by atoms with van der Waals surface area (Å²) in [5, 5.41) is 11.7. The Balaban J connectivity index is 2.34. The summed E-state index contributed by atoms with van der Waals surface area (Å²) in [5.41, 5.74) is -0.120. The quantitative estimate of drug-likeness (QED) is 0.750. The van der Waals surface area contributed by atoms with Crippen LogP contribution in [0.5, 0.6) is 0 Å². The van der Waals surface area contributed by atoms with Gasteiger partial charge in [0.15, 0.2) is 0 Å². The van der Waals surface area contributed by atoms with Gasteiger partial charge in [0, 0.05) is 38.4 Å². The molecule has 0 bridgehead atoms. The minimum Gasteiger partial charge on any atom is -0.396 e. The molecule has 0 saturated heterocycles. The van der Waals surface area contributed by atoms with E-state index in [2.05, 4.69) is 19.2 Å². The number of aromatic nitrogens is 1. The molecule has 0 fully saturated rings. The molecule has 1 amide bonds. The number of nitrogens with one attached hydrogen (secondary N) is 1. The maximum absolute atomic E-state index is 11.8. The molecule has 0 unspecified atom stereocenters. The summed E-state index contributed by atoms with van der Waals surface area (Å²) in [6.45, 7) is 5.27. The fourth-order valence-electron chi connectivity index (χ4n) is 1.94. The number of rotatable bonds is 8. The average Bonchev–Trinajstić information content (AvgIpc) is 2.42. The van der Waals surface area contributed by atoms with Crippen LogP contribution in [-0.2, 0) is 11.3 Å². The topological polar surface area (TPSA) is 71.3 Å². The molecule has 5 heteroatoms. The minimum absolute atomic E-state index is 0.0258. The maximum Gasteiger partial charge on any atom is 0.250 e. The average molecular weight is 280 g/mol. The van der Waals surface area contributed by atoms with E-state index in [1.165, 1.54) is 10.6 Å². The van der Waals surface area contributed by atoms with Gasteiger partial charge in [-0.3, -0.25) is 9.59 Å². The zero-order valence-electron chi connectivity index (χ0n) is 12.3. The molecule has 0 atom stereocenters. The summed E-state index contributed by atoms with van der Waals surface area (Å²) in [7, 11) is 0. The van der Waals surface area contributed by atoms with Gasteiger partial charge in [-0.1, -0.05) is 19.9 Å². The van der Waals surface area contributed by atoms with E-state index in [1.54, 1.807) is 18.3 Å². The van der Waals surface area contributed by atoms with Gasteiger partial charge in [-0.2, -0.15) is 0 Å². The largest absolute Gasteiger partial charge is 0.396 e. The molecule has 0 aliphatic heterocycles. The second-order valence-corrected chi connectivity index (χ2v) is 5.75. The Morgan fingerprint density at radius 2 is 2.15 bits per heavy atom. The van der Waals surface area contributed by atoms with E-state index in [4.69, 9.17) is 5.11 Å². The Morgan fingerprint density at radius 3 is 2.80 bits per heavy atom. The summed E-state index contributed by atoms with van der Waals surface area (Å²) in [6, 6.07) is 4.94. The van der Waals surface area contributed by atoms with Crippen molar-refractivity contribution in [3.05, 3.63) is 34.7 Å². The molecule has 1 aromatic rings. The van der Waals surface area contributed by atoms with Crippen molar-refractivity contribution in [1.29, 1.82) is 0 Å². The van der Waals surface area contributed by atoms with Crippen molar-refractivity contribution in [3.63, 3.8) is 0 Å². The van der Waals surface area contributed by atoms with Gasteiger partial charge >= 0.3 is 0 Å². The van der Waals surface area contributed by atoms with Crippen molar-refractivity contribution in [3.8, 4) is 0 Å². The van der Waals surface area contributed by atoms with Gasteiger partial charge in [0.05, 0.1) is 0 Å². The monoisotopic (exact) mass is 280 g/mol. The number of hydrogen-bond donors (Lipinski definition) is 2. The third kappa shape index (κ3) is 6.02. The predicted octanol–water partition coefficient (Wildman–Crippen LogP) is 1.15. The van der Waals surface area contributed by atoms with Gasteiger partial charge in [0.1, 0.15) is 0 Å². The molecule has 0 aromatic carbocycles. The lowest BCUT2D eigenvalue weighted by molar-refractivity contribution is -0.121. The van der Waals surface area contributed by atoms with E-state index in [9.17, 15) is 9.59 Å². The van der Waals surface area contributed by atoms with Crippen LogP contribution in [-0.4, -0.2) is 28.7 Å². The van der Waals surface area contributed by atoms with Crippen LogP contribution in [0.4, 0.5) is 0 Å². The number of aliphatic hydroxyl groups excluding tert-OH is 1. The summed E-state index contributed by atoms with van der Waals surface area (Å²) in [6.07, 6.45) is 3.57. The van der Waals surface area contributed by atoms with Crippen molar-refractivity contribution in [1.82, 2.24) is 9.88 Å². The first-order valence-electron chi connectivity index (χ1n) is 6.98. The molecule has 1 aromatic heterocycles. The van der Waals surface area contributed by atoms with E-state index in [0.29, 0.717) is 19.5 Å². The molecule has 0 aliphatic carbocycles. The highest BCUT2D eigenvalue weighted by molar-refractivity contribution is 5.75. The lowest BCUT2D eigenvalue weighted by atomic mass is 9.88. The molecule has 0 aliphatic rings. The van der Waals surface area contributed by atoms with Crippen molar-refractivity contribution in [2.24, 2.45) is 5.41 Å². The predicted molar refractivity (Wildman–Crippen MR) is 78.4 cm³/mol. The lowest BCUT2D eigenvalue weighted by Crippen LogP contribution is -2.35. The summed E-state index contributed by atoms with van der Waals surface area (Å²) in [4.78, 5) is 23.2. The minimum atomic E-state index is -0.0939.